The first-order valence-corrected chi connectivity index (χ1v) is 33.4. The smallest absolute Gasteiger partial charge is 0.328 e. The predicted molar refractivity (Wildman–Crippen MR) is 342 cm³/mol. The van der Waals surface area contributed by atoms with E-state index in [1.54, 1.807) is 66.9 Å². The number of carbonyl (C=O) groups is 9. The lowest BCUT2D eigenvalue weighted by molar-refractivity contribution is -0.205. The second-order valence-electron chi connectivity index (χ2n) is 21.6. The summed E-state index contributed by atoms with van der Waals surface area (Å²) in [6.07, 6.45) is -8.10. The molecule has 15 atom stereocenters. The fourth-order valence-corrected chi connectivity index (χ4v) is 13.7. The molecule has 8 amide bonds. The number of carbonyl (C=O) groups excluding carboxylic acids is 8. The molecule has 0 radical (unpaired) electrons. The maximum Gasteiger partial charge on any atom is 0.328 e. The van der Waals surface area contributed by atoms with Gasteiger partial charge in [0.25, 0.3) is 0 Å². The van der Waals surface area contributed by atoms with E-state index in [2.05, 4.69) is 47.5 Å². The van der Waals surface area contributed by atoms with Crippen molar-refractivity contribution in [3.8, 4) is 5.75 Å². The van der Waals surface area contributed by atoms with Crippen molar-refractivity contribution in [2.24, 2.45) is 5.73 Å². The Labute approximate surface area is 543 Å². The molecule has 492 valence electrons. The molecule has 2 aliphatic rings. The maximum atomic E-state index is 15.1. The third-order valence-corrected chi connectivity index (χ3v) is 19.2. The monoisotopic (exact) mass is 1420 g/mol. The van der Waals surface area contributed by atoms with Crippen LogP contribution in [0.25, 0.3) is 10.9 Å². The summed E-state index contributed by atoms with van der Waals surface area (Å²) < 4.78 is 5.94. The van der Waals surface area contributed by atoms with Crippen LogP contribution < -0.4 is 48.3 Å². The number of para-hydroxylation sites is 1. The molecule has 1 aromatic heterocycles. The van der Waals surface area contributed by atoms with Gasteiger partial charge in [-0.3, -0.25) is 38.4 Å². The number of rotatable bonds is 23. The SMILES string of the molecule is C[C@@H](O)[C@H](NC(=O)[C@@H]1CSSC[C@H](NC(=O)[C@@H](Cc2ccccc2)NC(=O)CCS[C@@H]2O[C@H](CO)[C@H](O)[C@H](O)[C@H]2O)C(=O)N[C@@H](Cc2ccc(O)c([123I])c2)C(=O)N[C@H](Cc2c[nH]c3ccccc23)C(=O)N[C@@H](CCCCN)C(=O)N[C@@H]([C@@H](C)O)C(=O)N1)C(=O)O. The Hall–Kier alpha value is -6.31. The number of unbranched alkanes of at least 4 members (excludes halogenated alkanes) is 1. The van der Waals surface area contributed by atoms with E-state index in [0.29, 0.717) is 37.6 Å². The molecule has 3 aromatic carbocycles. The minimum absolute atomic E-state index is 0.0555. The molecule has 4 aromatic rings. The second kappa shape index (κ2) is 35.5. The van der Waals surface area contributed by atoms with Crippen molar-refractivity contribution in [1.29, 1.82) is 0 Å². The number of hydrogen-bond acceptors (Lipinski definition) is 21. The quantitative estimate of drug-likeness (QED) is 0.0211. The maximum absolute atomic E-state index is 15.1. The Morgan fingerprint density at radius 3 is 2.09 bits per heavy atom. The molecule has 0 spiro atoms. The molecule has 0 bridgehead atoms. The zero-order chi connectivity index (χ0) is 65.8. The van der Waals surface area contributed by atoms with Gasteiger partial charge in [0.2, 0.25) is 47.3 Å². The molecule has 90 heavy (non-hydrogen) atoms. The number of amides is 8. The number of aromatic amines is 1. The van der Waals surface area contributed by atoms with Crippen molar-refractivity contribution in [1.82, 2.24) is 47.5 Å². The fourth-order valence-electron chi connectivity index (χ4n) is 9.66. The number of halogens is 1. The van der Waals surface area contributed by atoms with Crippen LogP contribution in [0.5, 0.6) is 5.75 Å². The van der Waals surface area contributed by atoms with Crippen LogP contribution in [-0.2, 0) is 67.2 Å². The van der Waals surface area contributed by atoms with Gasteiger partial charge in [-0.1, -0.05) is 76.2 Å². The predicted octanol–water partition coefficient (Wildman–Crippen LogP) is -2.32. The number of ether oxygens (including phenoxy) is 1. The van der Waals surface area contributed by atoms with E-state index in [0.717, 1.165) is 40.3 Å². The number of phenolic OH excluding ortho intramolecular Hbond substituents is 1. The lowest BCUT2D eigenvalue weighted by Crippen LogP contribution is -2.62. The lowest BCUT2D eigenvalue weighted by atomic mass is 10.0. The Balaban J connectivity index is 1.40. The highest BCUT2D eigenvalue weighted by molar-refractivity contribution is 14.1. The molecule has 2 saturated heterocycles. The summed E-state index contributed by atoms with van der Waals surface area (Å²) in [5.74, 6) is -10.3. The molecule has 0 saturated carbocycles. The zero-order valence-electron chi connectivity index (χ0n) is 49.0. The van der Waals surface area contributed by atoms with Crippen molar-refractivity contribution in [3.63, 3.8) is 0 Å². The number of aromatic nitrogens is 1. The van der Waals surface area contributed by atoms with Crippen LogP contribution in [0.4, 0.5) is 0 Å². The molecule has 2 fully saturated rings. The average molecular weight is 1420 g/mol. The summed E-state index contributed by atoms with van der Waals surface area (Å²) in [5.41, 5.74) is 6.87. The Morgan fingerprint density at radius 1 is 0.767 bits per heavy atom. The Morgan fingerprint density at radius 2 is 1.42 bits per heavy atom. The number of aliphatic hydroxyl groups excluding tert-OH is 6. The van der Waals surface area contributed by atoms with Crippen LogP contribution >= 0.6 is 55.9 Å². The van der Waals surface area contributed by atoms with Gasteiger partial charge >= 0.3 is 5.97 Å². The number of carboxylic acid groups (broad SMARTS) is 1. The van der Waals surface area contributed by atoms with Crippen molar-refractivity contribution in [3.05, 3.63) is 99.3 Å². The third-order valence-electron chi connectivity index (χ3n) is 14.7. The second-order valence-corrected chi connectivity index (χ2v) is 26.6. The van der Waals surface area contributed by atoms with Crippen LogP contribution in [0.3, 0.4) is 0 Å². The van der Waals surface area contributed by atoms with Crippen LogP contribution in [-0.4, -0.2) is 220 Å². The highest BCUT2D eigenvalue weighted by Gasteiger charge is 2.44. The van der Waals surface area contributed by atoms with Gasteiger partial charge in [-0.25, -0.2) is 4.79 Å². The topological polar surface area (TPSA) is 463 Å². The van der Waals surface area contributed by atoms with Crippen LogP contribution in [0, 0.1) is 3.57 Å². The van der Waals surface area contributed by atoms with Crippen LogP contribution in [0.15, 0.2) is 79.0 Å². The van der Waals surface area contributed by atoms with Crippen molar-refractivity contribution >= 4 is 120 Å². The van der Waals surface area contributed by atoms with E-state index in [1.165, 1.54) is 19.1 Å². The number of H-pyrrole nitrogens is 1. The standard InChI is InChI=1S/C58H77IN10O18S3/c1-28(71)45-56(84)67-41(55(83)69-46(29(2)72)57(85)86)27-90-89-26-40(66-51(79)37(21-30-10-4-3-5-11-30)62-44(74)17-19-88-58-49(77)48(76)47(75)43(25-70)87-58)54(82)64-38(22-31-15-16-42(73)34(59)20-31)52(80)65-39(23-32-24-61-35-13-7-6-12-33(32)35)53(81)63-36(50(78)68-45)14-8-9-18-60/h3-7,10-13,15-16,20,24,28-29,36-41,43,45-49,58,61,70-73,75-77H,8-9,14,17-19,21-23,25-27,60H2,1-2H3,(H,62,74)(H,63,81)(H,64,82)(H,65,80)(H,66,79)(H,67,84)(H,68,78)(H,69,83)(H,85,86)/t28-,29-,36+,37-,38+,39-,40+,41+,43-,45+,46+,47+,48+,49-,58+/m1/s1/i59-4. The summed E-state index contributed by atoms with van der Waals surface area (Å²) in [6.45, 7) is 1.79. The van der Waals surface area contributed by atoms with Gasteiger partial charge in [-0.2, -0.15) is 0 Å². The lowest BCUT2D eigenvalue weighted by Gasteiger charge is -2.39. The van der Waals surface area contributed by atoms with Gasteiger partial charge in [0.15, 0.2) is 6.04 Å². The number of carboxylic acids is 1. The third kappa shape index (κ3) is 21.1. The summed E-state index contributed by atoms with van der Waals surface area (Å²) in [4.78, 5) is 132. The molecule has 32 heteroatoms. The molecular formula is C58H77IN10O18S3. The first kappa shape index (κ1) is 72.7. The van der Waals surface area contributed by atoms with Gasteiger partial charge in [-0.15, -0.1) is 11.8 Å². The van der Waals surface area contributed by atoms with Gasteiger partial charge in [-0.05, 0) is 97.1 Å². The van der Waals surface area contributed by atoms with E-state index in [1.807, 2.05) is 22.6 Å². The van der Waals surface area contributed by atoms with Gasteiger partial charge < -0.3 is 98.8 Å². The van der Waals surface area contributed by atoms with E-state index in [-0.39, 0.29) is 56.6 Å². The van der Waals surface area contributed by atoms with E-state index >= 15 is 9.59 Å². The summed E-state index contributed by atoms with van der Waals surface area (Å²) in [6, 6.07) is 7.06. The minimum atomic E-state index is -1.89. The molecule has 6 rings (SSSR count). The molecular weight excluding hydrogens is 1340 g/mol. The van der Waals surface area contributed by atoms with Gasteiger partial charge in [0.05, 0.1) is 22.4 Å². The molecule has 3 heterocycles. The number of aliphatic hydroxyl groups is 6. The number of thioether (sulfide) groups is 1. The number of benzene rings is 3. The molecule has 0 aliphatic carbocycles. The van der Waals surface area contributed by atoms with Crippen molar-refractivity contribution in [2.75, 3.05) is 30.4 Å². The van der Waals surface area contributed by atoms with E-state index < -0.39 is 162 Å². The number of fused-ring (bicyclic) bond motifs is 1. The Bertz CT molecular complexity index is 3120. The molecule has 19 N–H and O–H groups in total. The first-order chi connectivity index (χ1) is 42.9. The Kier molecular flexibility index (Phi) is 28.7. The largest absolute Gasteiger partial charge is 0.507 e. The number of aliphatic carboxylic acids is 1. The number of hydrogen-bond donors (Lipinski definition) is 18. The van der Waals surface area contributed by atoms with E-state index in [9.17, 15) is 74.4 Å². The number of aromatic hydroxyl groups is 1. The minimum Gasteiger partial charge on any atom is -0.507 e. The molecule has 2 aliphatic heterocycles. The molecule has 0 unspecified atom stereocenters. The zero-order valence-corrected chi connectivity index (χ0v) is 53.6. The highest BCUT2D eigenvalue weighted by Crippen LogP contribution is 2.30. The first-order valence-electron chi connectivity index (χ1n) is 28.8. The number of nitrogens with two attached hydrogens (primary N) is 1. The molecule has 28 nitrogen and oxygen atoms in total. The average Bonchev–Trinajstić information content (AvgIpc) is 2.51. The van der Waals surface area contributed by atoms with Crippen molar-refractivity contribution in [2.45, 2.75) is 149 Å². The van der Waals surface area contributed by atoms with Gasteiger partial charge in [0, 0.05) is 60.0 Å². The summed E-state index contributed by atoms with van der Waals surface area (Å²) >= 11 is 2.78. The number of nitrogens with one attached hydrogen (secondary N) is 9. The van der Waals surface area contributed by atoms with E-state index in [4.69, 9.17) is 10.5 Å². The van der Waals surface area contributed by atoms with Crippen LogP contribution in [0.1, 0.15) is 56.2 Å². The number of phenols is 1. The summed E-state index contributed by atoms with van der Waals surface area (Å²) in [5, 5.41) is 104. The van der Waals surface area contributed by atoms with Crippen LogP contribution in [0.2, 0.25) is 0 Å². The normalized spacial score (nSPS) is 25.6. The van der Waals surface area contributed by atoms with Crippen molar-refractivity contribution < 1.29 is 88.7 Å². The highest BCUT2D eigenvalue weighted by atomic mass is 123. The van der Waals surface area contributed by atoms with Gasteiger partial charge in [0.1, 0.15) is 77.9 Å². The summed E-state index contributed by atoms with van der Waals surface area (Å²) in [7, 11) is 1.69. The fraction of sp³-hybridized carbons (Fsp3) is 0.500.